The molecule has 1 rings (SSSR count). The first-order valence-electron chi connectivity index (χ1n) is 4.63. The Hall–Kier alpha value is -0.200. The maximum atomic E-state index is 11.8. The zero-order valence-electron chi connectivity index (χ0n) is 8.41. The standard InChI is InChI=1S/C8H16N2O2S2/c1-3-6(7(9)13)14(11,12)10-8(2)4-5-8/h6,10H,3-5H2,1-2H3,(H2,9,13). The van der Waals surface area contributed by atoms with Crippen LogP contribution >= 0.6 is 12.2 Å². The van der Waals surface area contributed by atoms with Crippen molar-refractivity contribution < 1.29 is 8.42 Å². The fourth-order valence-electron chi connectivity index (χ4n) is 1.28. The van der Waals surface area contributed by atoms with E-state index in [0.717, 1.165) is 12.8 Å². The zero-order chi connectivity index (χ0) is 11.0. The number of rotatable bonds is 5. The van der Waals surface area contributed by atoms with Gasteiger partial charge in [-0.05, 0) is 26.2 Å². The highest BCUT2D eigenvalue weighted by atomic mass is 32.2. The van der Waals surface area contributed by atoms with Crippen LogP contribution in [-0.2, 0) is 10.0 Å². The Morgan fingerprint density at radius 3 is 2.43 bits per heavy atom. The third-order valence-corrected chi connectivity index (χ3v) is 5.00. The molecule has 0 bridgehead atoms. The quantitative estimate of drug-likeness (QED) is 0.683. The lowest BCUT2D eigenvalue weighted by Gasteiger charge is -2.18. The van der Waals surface area contributed by atoms with Gasteiger partial charge in [-0.3, -0.25) is 0 Å². The Morgan fingerprint density at radius 1 is 1.64 bits per heavy atom. The van der Waals surface area contributed by atoms with Crippen molar-refractivity contribution in [3.63, 3.8) is 0 Å². The number of hydrogen-bond acceptors (Lipinski definition) is 3. The average molecular weight is 236 g/mol. The normalized spacial score (nSPS) is 21.6. The first kappa shape index (κ1) is 11.9. The molecule has 1 saturated carbocycles. The summed E-state index contributed by atoms with van der Waals surface area (Å²) in [7, 11) is -3.38. The van der Waals surface area contributed by atoms with Crippen molar-refractivity contribution in [1.82, 2.24) is 4.72 Å². The summed E-state index contributed by atoms with van der Waals surface area (Å²) in [5, 5.41) is -0.741. The first-order valence-corrected chi connectivity index (χ1v) is 6.58. The summed E-state index contributed by atoms with van der Waals surface area (Å²) in [6, 6.07) is 0. The largest absolute Gasteiger partial charge is 0.392 e. The van der Waals surface area contributed by atoms with Gasteiger partial charge < -0.3 is 5.73 Å². The van der Waals surface area contributed by atoms with E-state index in [9.17, 15) is 8.42 Å². The molecule has 0 heterocycles. The smallest absolute Gasteiger partial charge is 0.221 e. The van der Waals surface area contributed by atoms with Crippen molar-refractivity contribution in [2.45, 2.75) is 43.9 Å². The van der Waals surface area contributed by atoms with Crippen LogP contribution in [0.4, 0.5) is 0 Å². The molecule has 0 spiro atoms. The minimum absolute atomic E-state index is 0.0456. The molecule has 0 amide bonds. The molecule has 0 aromatic heterocycles. The summed E-state index contributed by atoms with van der Waals surface area (Å²) in [6.07, 6.45) is 2.20. The van der Waals surface area contributed by atoms with Crippen LogP contribution in [0.25, 0.3) is 0 Å². The highest BCUT2D eigenvalue weighted by molar-refractivity contribution is 7.93. The van der Waals surface area contributed by atoms with E-state index in [1.54, 1.807) is 6.92 Å². The second kappa shape index (κ2) is 3.75. The number of nitrogens with one attached hydrogen (secondary N) is 1. The Bertz CT molecular complexity index is 333. The van der Waals surface area contributed by atoms with Crippen molar-refractivity contribution in [3.05, 3.63) is 0 Å². The minimum Gasteiger partial charge on any atom is -0.392 e. The molecule has 0 saturated heterocycles. The molecular formula is C8H16N2O2S2. The lowest BCUT2D eigenvalue weighted by molar-refractivity contribution is 0.551. The van der Waals surface area contributed by atoms with Crippen LogP contribution in [0.1, 0.15) is 33.1 Å². The minimum atomic E-state index is -3.38. The number of nitrogens with two attached hydrogens (primary N) is 1. The van der Waals surface area contributed by atoms with E-state index in [2.05, 4.69) is 4.72 Å². The highest BCUT2D eigenvalue weighted by Crippen LogP contribution is 2.35. The van der Waals surface area contributed by atoms with E-state index in [-0.39, 0.29) is 10.5 Å². The number of thiocarbonyl (C=S) groups is 1. The van der Waals surface area contributed by atoms with Gasteiger partial charge in [-0.2, -0.15) is 0 Å². The molecule has 14 heavy (non-hydrogen) atoms. The van der Waals surface area contributed by atoms with Crippen LogP contribution in [0.3, 0.4) is 0 Å². The van der Waals surface area contributed by atoms with Crippen LogP contribution < -0.4 is 10.5 Å². The summed E-state index contributed by atoms with van der Waals surface area (Å²) in [5.41, 5.74) is 5.13. The topological polar surface area (TPSA) is 72.2 Å². The molecule has 4 nitrogen and oxygen atoms in total. The third kappa shape index (κ3) is 2.65. The van der Waals surface area contributed by atoms with Gasteiger partial charge in [0, 0.05) is 5.54 Å². The predicted octanol–water partition coefficient (Wildman–Crippen LogP) is 0.523. The maximum Gasteiger partial charge on any atom is 0.221 e. The molecule has 1 aliphatic rings. The molecule has 6 heteroatoms. The fraction of sp³-hybridized carbons (Fsp3) is 0.875. The summed E-state index contributed by atoms with van der Waals surface area (Å²) in [6.45, 7) is 3.65. The maximum absolute atomic E-state index is 11.8. The van der Waals surface area contributed by atoms with Crippen LogP contribution in [0.2, 0.25) is 0 Å². The SMILES string of the molecule is CCC(C(N)=S)S(=O)(=O)NC1(C)CC1. The molecule has 1 aliphatic carbocycles. The third-order valence-electron chi connectivity index (χ3n) is 2.45. The van der Waals surface area contributed by atoms with E-state index >= 15 is 0 Å². The molecule has 0 aliphatic heterocycles. The Balaban J connectivity index is 2.77. The fourth-order valence-corrected chi connectivity index (χ4v) is 3.60. The monoisotopic (exact) mass is 236 g/mol. The lowest BCUT2D eigenvalue weighted by Crippen LogP contribution is -2.45. The van der Waals surface area contributed by atoms with Crippen LogP contribution in [0.15, 0.2) is 0 Å². The van der Waals surface area contributed by atoms with Crippen molar-refractivity contribution >= 4 is 27.2 Å². The van der Waals surface area contributed by atoms with Gasteiger partial charge in [0.1, 0.15) is 5.25 Å². The van der Waals surface area contributed by atoms with Gasteiger partial charge in [0.25, 0.3) is 0 Å². The summed E-state index contributed by atoms with van der Waals surface area (Å²) in [4.78, 5) is 0.0456. The van der Waals surface area contributed by atoms with Gasteiger partial charge in [-0.15, -0.1) is 0 Å². The first-order chi connectivity index (χ1) is 6.31. The van der Waals surface area contributed by atoms with Gasteiger partial charge in [0.2, 0.25) is 10.0 Å². The zero-order valence-corrected chi connectivity index (χ0v) is 10.0. The molecule has 1 unspecified atom stereocenters. The van der Waals surface area contributed by atoms with Gasteiger partial charge in [0.15, 0.2) is 0 Å². The Morgan fingerprint density at radius 2 is 2.14 bits per heavy atom. The van der Waals surface area contributed by atoms with E-state index < -0.39 is 15.3 Å². The summed E-state index contributed by atoms with van der Waals surface area (Å²) >= 11 is 4.73. The number of hydrogen-bond donors (Lipinski definition) is 2. The van der Waals surface area contributed by atoms with Gasteiger partial charge >= 0.3 is 0 Å². The number of sulfonamides is 1. The molecule has 0 aromatic carbocycles. The molecule has 1 fully saturated rings. The van der Waals surface area contributed by atoms with Crippen molar-refractivity contribution in [2.24, 2.45) is 5.73 Å². The van der Waals surface area contributed by atoms with Gasteiger partial charge in [0.05, 0.1) is 4.99 Å². The van der Waals surface area contributed by atoms with Crippen molar-refractivity contribution in [3.8, 4) is 0 Å². The predicted molar refractivity (Wildman–Crippen MR) is 60.6 cm³/mol. The molecule has 0 radical (unpaired) electrons. The Labute approximate surface area is 90.3 Å². The summed E-state index contributed by atoms with van der Waals surface area (Å²) < 4.78 is 26.2. The molecule has 0 aromatic rings. The lowest BCUT2D eigenvalue weighted by atomic mass is 10.3. The van der Waals surface area contributed by atoms with E-state index in [1.165, 1.54) is 0 Å². The molecule has 1 atom stereocenters. The van der Waals surface area contributed by atoms with Crippen LogP contribution in [0.5, 0.6) is 0 Å². The van der Waals surface area contributed by atoms with Crippen LogP contribution in [0, 0.1) is 0 Å². The Kier molecular flexibility index (Phi) is 3.18. The molecule has 3 N–H and O–H groups in total. The van der Waals surface area contributed by atoms with Gasteiger partial charge in [-0.1, -0.05) is 19.1 Å². The van der Waals surface area contributed by atoms with Crippen molar-refractivity contribution in [1.29, 1.82) is 0 Å². The molecule has 82 valence electrons. The average Bonchev–Trinajstić information content (AvgIpc) is 2.65. The van der Waals surface area contributed by atoms with E-state index in [4.69, 9.17) is 18.0 Å². The van der Waals surface area contributed by atoms with Crippen LogP contribution in [-0.4, -0.2) is 24.2 Å². The van der Waals surface area contributed by atoms with E-state index in [0.29, 0.717) is 6.42 Å². The highest BCUT2D eigenvalue weighted by Gasteiger charge is 2.43. The molecular weight excluding hydrogens is 220 g/mol. The second-order valence-corrected chi connectivity index (χ2v) is 6.34. The van der Waals surface area contributed by atoms with Gasteiger partial charge in [-0.25, -0.2) is 13.1 Å². The van der Waals surface area contributed by atoms with E-state index in [1.807, 2.05) is 6.92 Å². The summed E-state index contributed by atoms with van der Waals surface area (Å²) in [5.74, 6) is 0. The van der Waals surface area contributed by atoms with Crippen molar-refractivity contribution in [2.75, 3.05) is 0 Å². The second-order valence-electron chi connectivity index (χ2n) is 4.01.